The van der Waals surface area contributed by atoms with Crippen LogP contribution in [0.5, 0.6) is 0 Å². The van der Waals surface area contributed by atoms with E-state index in [1.165, 1.54) is 6.07 Å². The molecule has 0 bridgehead atoms. The van der Waals surface area contributed by atoms with Gasteiger partial charge in [0, 0.05) is 22.4 Å². The van der Waals surface area contributed by atoms with Crippen molar-refractivity contribution in [1.82, 2.24) is 0 Å². The number of carbonyl (C=O) groups is 1. The number of halogens is 2. The van der Waals surface area contributed by atoms with E-state index in [-0.39, 0.29) is 24.1 Å². The van der Waals surface area contributed by atoms with Gasteiger partial charge in [-0.1, -0.05) is 15.9 Å². The third-order valence-corrected chi connectivity index (χ3v) is 4.03. The summed E-state index contributed by atoms with van der Waals surface area (Å²) in [5, 5.41) is 0. The van der Waals surface area contributed by atoms with E-state index in [2.05, 4.69) is 15.9 Å². The summed E-state index contributed by atoms with van der Waals surface area (Å²) in [5.41, 5.74) is 0.420. The van der Waals surface area contributed by atoms with Crippen molar-refractivity contribution >= 4 is 33.5 Å². The van der Waals surface area contributed by atoms with E-state index in [4.69, 9.17) is 4.74 Å². The Labute approximate surface area is 112 Å². The molecule has 0 aromatic heterocycles. The number of hydrogen-bond acceptors (Lipinski definition) is 3. The van der Waals surface area contributed by atoms with Gasteiger partial charge in [0.25, 0.3) is 0 Å². The van der Waals surface area contributed by atoms with E-state index in [1.807, 2.05) is 0 Å². The van der Waals surface area contributed by atoms with Crippen LogP contribution in [0.25, 0.3) is 0 Å². The minimum atomic E-state index is -0.382. The van der Waals surface area contributed by atoms with Gasteiger partial charge < -0.3 is 4.74 Å². The van der Waals surface area contributed by atoms with Crippen LogP contribution in [0.4, 0.5) is 4.39 Å². The van der Waals surface area contributed by atoms with Gasteiger partial charge in [-0.3, -0.25) is 4.79 Å². The molecule has 17 heavy (non-hydrogen) atoms. The van der Waals surface area contributed by atoms with Crippen molar-refractivity contribution in [3.05, 3.63) is 34.1 Å². The zero-order chi connectivity index (χ0) is 12.3. The van der Waals surface area contributed by atoms with Crippen LogP contribution in [0.2, 0.25) is 0 Å². The fraction of sp³-hybridized carbons (Fsp3) is 0.417. The molecule has 0 spiro atoms. The zero-order valence-corrected chi connectivity index (χ0v) is 11.5. The van der Waals surface area contributed by atoms with Crippen LogP contribution in [0.1, 0.15) is 5.56 Å². The van der Waals surface area contributed by atoms with Crippen LogP contribution in [0.15, 0.2) is 22.7 Å². The highest BCUT2D eigenvalue weighted by atomic mass is 79.9. The van der Waals surface area contributed by atoms with E-state index >= 15 is 0 Å². The van der Waals surface area contributed by atoms with Crippen LogP contribution in [0, 0.1) is 5.82 Å². The van der Waals surface area contributed by atoms with Crippen molar-refractivity contribution in [1.29, 1.82) is 0 Å². The van der Waals surface area contributed by atoms with Crippen LogP contribution in [-0.2, 0) is 16.0 Å². The second kappa shape index (κ2) is 5.98. The molecule has 0 amide bonds. The third kappa shape index (κ3) is 3.53. The van der Waals surface area contributed by atoms with E-state index in [0.29, 0.717) is 17.9 Å². The van der Waals surface area contributed by atoms with E-state index in [9.17, 15) is 9.18 Å². The lowest BCUT2D eigenvalue weighted by Gasteiger charge is -2.21. The first-order valence-electron chi connectivity index (χ1n) is 5.33. The van der Waals surface area contributed by atoms with Crippen LogP contribution < -0.4 is 0 Å². The number of ether oxygens (including phenoxy) is 1. The largest absolute Gasteiger partial charge is 0.369 e. The number of benzene rings is 1. The van der Waals surface area contributed by atoms with Gasteiger partial charge in [-0.2, -0.15) is 11.8 Å². The third-order valence-electron chi connectivity index (χ3n) is 2.55. The van der Waals surface area contributed by atoms with E-state index in [0.717, 1.165) is 10.2 Å². The molecule has 0 aliphatic carbocycles. The molecule has 0 N–H and O–H groups in total. The summed E-state index contributed by atoms with van der Waals surface area (Å²) in [4.78, 5) is 11.9. The van der Waals surface area contributed by atoms with Gasteiger partial charge in [-0.15, -0.1) is 0 Å². The fourth-order valence-electron chi connectivity index (χ4n) is 1.65. The molecule has 1 aromatic rings. The Kier molecular flexibility index (Phi) is 4.59. The first-order valence-corrected chi connectivity index (χ1v) is 7.27. The highest BCUT2D eigenvalue weighted by molar-refractivity contribution is 9.10. The first kappa shape index (κ1) is 13.1. The molecule has 92 valence electrons. The Bertz CT molecular complexity index is 419. The second-order valence-electron chi connectivity index (χ2n) is 3.81. The summed E-state index contributed by atoms with van der Waals surface area (Å²) in [6, 6.07) is 4.63. The van der Waals surface area contributed by atoms with Crippen LogP contribution >= 0.6 is 27.7 Å². The topological polar surface area (TPSA) is 26.3 Å². The SMILES string of the molecule is O=C(Cc1cc(Br)ccc1F)C1CSCCO1. The normalized spacial score (nSPS) is 20.2. The maximum Gasteiger partial charge on any atom is 0.166 e. The quantitative estimate of drug-likeness (QED) is 0.857. The Hall–Kier alpha value is -0.390. The lowest BCUT2D eigenvalue weighted by molar-refractivity contribution is -0.128. The van der Waals surface area contributed by atoms with Crippen LogP contribution in [0.3, 0.4) is 0 Å². The van der Waals surface area contributed by atoms with Crippen molar-refractivity contribution in [3.63, 3.8) is 0 Å². The fourth-order valence-corrected chi connectivity index (χ4v) is 2.94. The van der Waals surface area contributed by atoms with Gasteiger partial charge in [-0.05, 0) is 23.8 Å². The maximum atomic E-state index is 13.5. The summed E-state index contributed by atoms with van der Waals surface area (Å²) in [6.45, 7) is 0.599. The van der Waals surface area contributed by atoms with Crippen LogP contribution in [-0.4, -0.2) is 30.0 Å². The van der Waals surface area contributed by atoms with Gasteiger partial charge in [0.1, 0.15) is 11.9 Å². The van der Waals surface area contributed by atoms with Gasteiger partial charge >= 0.3 is 0 Å². The zero-order valence-electron chi connectivity index (χ0n) is 9.12. The molecule has 2 nitrogen and oxygen atoms in total. The molecule has 2 rings (SSSR count). The standard InChI is InChI=1S/C12H12BrFO2S/c13-9-1-2-10(14)8(5-9)6-11(15)12-7-17-4-3-16-12/h1-2,5,12H,3-4,6-7H2. The lowest BCUT2D eigenvalue weighted by atomic mass is 10.1. The molecule has 0 saturated carbocycles. The molecule has 1 aliphatic heterocycles. The predicted octanol–water partition coefficient (Wildman–Crippen LogP) is 2.83. The van der Waals surface area contributed by atoms with Gasteiger partial charge in [0.15, 0.2) is 5.78 Å². The molecule has 1 aliphatic rings. The molecule has 1 aromatic carbocycles. The minimum Gasteiger partial charge on any atom is -0.369 e. The van der Waals surface area contributed by atoms with E-state index in [1.54, 1.807) is 23.9 Å². The molecule has 1 heterocycles. The first-order chi connectivity index (χ1) is 8.16. The van der Waals surface area contributed by atoms with E-state index < -0.39 is 0 Å². The molecule has 5 heteroatoms. The number of ketones is 1. The number of rotatable bonds is 3. The monoisotopic (exact) mass is 318 g/mol. The number of Topliss-reactive ketones (excluding diaryl/α,β-unsaturated/α-hetero) is 1. The maximum absolute atomic E-state index is 13.5. The highest BCUT2D eigenvalue weighted by Crippen LogP contribution is 2.19. The molecule has 1 atom stereocenters. The van der Waals surface area contributed by atoms with Crippen molar-refractivity contribution in [3.8, 4) is 0 Å². The molecule has 1 fully saturated rings. The van der Waals surface area contributed by atoms with Crippen molar-refractivity contribution < 1.29 is 13.9 Å². The average Bonchev–Trinajstić information content (AvgIpc) is 2.35. The van der Waals surface area contributed by atoms with Gasteiger partial charge in [0.05, 0.1) is 6.61 Å². The molecular weight excluding hydrogens is 307 g/mol. The number of hydrogen-bond donors (Lipinski definition) is 0. The molecule has 1 unspecified atom stereocenters. The van der Waals surface area contributed by atoms with Crippen molar-refractivity contribution in [2.45, 2.75) is 12.5 Å². The number of carbonyl (C=O) groups excluding carboxylic acids is 1. The Morgan fingerprint density at radius 2 is 2.41 bits per heavy atom. The Balaban J connectivity index is 2.04. The summed E-state index contributed by atoms with van der Waals surface area (Å²) in [7, 11) is 0. The second-order valence-corrected chi connectivity index (χ2v) is 5.88. The average molecular weight is 319 g/mol. The molecule has 0 radical (unpaired) electrons. The Morgan fingerprint density at radius 3 is 3.12 bits per heavy atom. The van der Waals surface area contributed by atoms with Crippen molar-refractivity contribution in [2.24, 2.45) is 0 Å². The lowest BCUT2D eigenvalue weighted by Crippen LogP contribution is -2.32. The molecule has 1 saturated heterocycles. The smallest absolute Gasteiger partial charge is 0.166 e. The minimum absolute atomic E-state index is 0.0470. The van der Waals surface area contributed by atoms with Gasteiger partial charge in [0.2, 0.25) is 0 Å². The van der Waals surface area contributed by atoms with Gasteiger partial charge in [-0.25, -0.2) is 4.39 Å². The predicted molar refractivity (Wildman–Crippen MR) is 69.9 cm³/mol. The summed E-state index contributed by atoms with van der Waals surface area (Å²) in [5.74, 6) is 1.21. The summed E-state index contributed by atoms with van der Waals surface area (Å²) in [6.07, 6.45) is -0.289. The molecular formula is C12H12BrFO2S. The summed E-state index contributed by atoms with van der Waals surface area (Å²) < 4.78 is 19.6. The summed E-state index contributed by atoms with van der Waals surface area (Å²) >= 11 is 4.97. The number of thioether (sulfide) groups is 1. The highest BCUT2D eigenvalue weighted by Gasteiger charge is 2.23. The van der Waals surface area contributed by atoms with Crippen molar-refractivity contribution in [2.75, 3.05) is 18.1 Å². The Morgan fingerprint density at radius 1 is 1.59 bits per heavy atom.